The molecule has 7 heteroatoms. The van der Waals surface area contributed by atoms with Crippen LogP contribution in [0.2, 0.25) is 0 Å². The van der Waals surface area contributed by atoms with E-state index in [9.17, 15) is 9.18 Å². The summed E-state index contributed by atoms with van der Waals surface area (Å²) < 4.78 is 18.6. The van der Waals surface area contributed by atoms with Gasteiger partial charge >= 0.3 is 0 Å². The lowest BCUT2D eigenvalue weighted by Gasteiger charge is -2.17. The molecule has 1 amide bonds. The predicted octanol–water partition coefficient (Wildman–Crippen LogP) is 1.81. The van der Waals surface area contributed by atoms with E-state index in [1.807, 2.05) is 6.07 Å². The summed E-state index contributed by atoms with van der Waals surface area (Å²) in [5.74, 6) is 0.467. The number of nitrogens with two attached hydrogens (primary N) is 1. The number of nitrogens with zero attached hydrogens (tertiary/aromatic N) is 1. The summed E-state index contributed by atoms with van der Waals surface area (Å²) >= 11 is 0. The molecule has 1 heterocycles. The van der Waals surface area contributed by atoms with Gasteiger partial charge in [0, 0.05) is 26.6 Å². The lowest BCUT2D eigenvalue weighted by molar-refractivity contribution is -0.121. The van der Waals surface area contributed by atoms with Crippen molar-refractivity contribution in [3.05, 3.63) is 65.0 Å². The molecule has 0 aliphatic carbocycles. The minimum atomic E-state index is -0.421. The van der Waals surface area contributed by atoms with Gasteiger partial charge < -0.3 is 21.1 Å². The molecule has 154 valence electrons. The molecule has 0 spiro atoms. The number of rotatable bonds is 8. The number of guanidine groups is 1. The van der Waals surface area contributed by atoms with E-state index in [2.05, 4.69) is 27.8 Å². The van der Waals surface area contributed by atoms with Crippen molar-refractivity contribution in [1.29, 1.82) is 0 Å². The number of nitrogens with one attached hydrogen (secondary N) is 2. The van der Waals surface area contributed by atoms with E-state index in [1.54, 1.807) is 19.2 Å². The largest absolute Gasteiger partial charge is 0.493 e. The van der Waals surface area contributed by atoms with Crippen molar-refractivity contribution >= 4 is 11.9 Å². The molecule has 1 atom stereocenters. The monoisotopic (exact) mass is 398 g/mol. The standard InChI is InChI=1S/C22H27FN4O2/c1-25-22(26-10-8-16-4-7-20-17(12-16)9-11-29-20)27-14-18(21(24)28)13-15-2-5-19(23)6-3-15/h2-7,12,18H,8-11,13-14H2,1H3,(H2,24,28)(H2,25,26,27). The molecule has 0 fully saturated rings. The van der Waals surface area contributed by atoms with Crippen LogP contribution in [0, 0.1) is 11.7 Å². The zero-order valence-electron chi connectivity index (χ0n) is 16.6. The Labute approximate surface area is 170 Å². The Morgan fingerprint density at radius 1 is 1.21 bits per heavy atom. The molecule has 0 aromatic heterocycles. The number of fused-ring (bicyclic) bond motifs is 1. The number of aliphatic imine (C=N–C) groups is 1. The molecule has 6 nitrogen and oxygen atoms in total. The zero-order chi connectivity index (χ0) is 20.6. The third-order valence-corrected chi connectivity index (χ3v) is 5.00. The Kier molecular flexibility index (Phi) is 7.05. The number of hydrogen-bond donors (Lipinski definition) is 3. The number of hydrogen-bond acceptors (Lipinski definition) is 3. The number of halogens is 1. The van der Waals surface area contributed by atoms with Gasteiger partial charge in [-0.3, -0.25) is 9.79 Å². The van der Waals surface area contributed by atoms with Crippen molar-refractivity contribution in [2.45, 2.75) is 19.3 Å². The molecule has 3 rings (SSSR count). The third-order valence-electron chi connectivity index (χ3n) is 5.00. The van der Waals surface area contributed by atoms with Gasteiger partial charge in [-0.1, -0.05) is 24.3 Å². The number of carbonyl (C=O) groups is 1. The van der Waals surface area contributed by atoms with Gasteiger partial charge in [0.05, 0.1) is 12.5 Å². The van der Waals surface area contributed by atoms with E-state index >= 15 is 0 Å². The zero-order valence-corrected chi connectivity index (χ0v) is 16.6. The minimum Gasteiger partial charge on any atom is -0.493 e. The normalized spacial score (nSPS) is 14.1. The number of amides is 1. The van der Waals surface area contributed by atoms with Crippen molar-refractivity contribution in [2.75, 3.05) is 26.7 Å². The Morgan fingerprint density at radius 3 is 2.69 bits per heavy atom. The summed E-state index contributed by atoms with van der Waals surface area (Å²) in [6, 6.07) is 12.4. The van der Waals surface area contributed by atoms with Crippen LogP contribution in [0.25, 0.3) is 0 Å². The van der Waals surface area contributed by atoms with Crippen molar-refractivity contribution < 1.29 is 13.9 Å². The van der Waals surface area contributed by atoms with Gasteiger partial charge in [-0.05, 0) is 47.7 Å². The van der Waals surface area contributed by atoms with Gasteiger partial charge in [0.2, 0.25) is 5.91 Å². The van der Waals surface area contributed by atoms with E-state index in [4.69, 9.17) is 10.5 Å². The molecule has 2 aromatic rings. The summed E-state index contributed by atoms with van der Waals surface area (Å²) in [7, 11) is 1.68. The fourth-order valence-electron chi connectivity index (χ4n) is 3.34. The summed E-state index contributed by atoms with van der Waals surface area (Å²) in [5.41, 5.74) is 8.90. The molecule has 0 radical (unpaired) electrons. The number of ether oxygens (including phenoxy) is 1. The lowest BCUT2D eigenvalue weighted by atomic mass is 9.98. The first kappa shape index (κ1) is 20.6. The lowest BCUT2D eigenvalue weighted by Crippen LogP contribution is -2.43. The first-order valence-corrected chi connectivity index (χ1v) is 9.78. The average Bonchev–Trinajstić information content (AvgIpc) is 3.18. The highest BCUT2D eigenvalue weighted by Crippen LogP contribution is 2.25. The predicted molar refractivity (Wildman–Crippen MR) is 111 cm³/mol. The Hall–Kier alpha value is -3.09. The van der Waals surface area contributed by atoms with E-state index in [0.29, 0.717) is 25.5 Å². The third kappa shape index (κ3) is 5.94. The maximum Gasteiger partial charge on any atom is 0.222 e. The maximum absolute atomic E-state index is 13.1. The molecule has 4 N–H and O–H groups in total. The Morgan fingerprint density at radius 2 is 1.97 bits per heavy atom. The quantitative estimate of drug-likeness (QED) is 0.467. The summed E-state index contributed by atoms with van der Waals surface area (Å²) in [6.07, 6.45) is 2.25. The molecule has 29 heavy (non-hydrogen) atoms. The molecule has 0 saturated heterocycles. The van der Waals surface area contributed by atoms with E-state index in [0.717, 1.165) is 30.8 Å². The van der Waals surface area contributed by atoms with Crippen LogP contribution < -0.4 is 21.1 Å². The molecule has 1 aliphatic rings. The van der Waals surface area contributed by atoms with Gasteiger partial charge in [0.25, 0.3) is 0 Å². The van der Waals surface area contributed by atoms with Gasteiger partial charge in [0.1, 0.15) is 11.6 Å². The highest BCUT2D eigenvalue weighted by molar-refractivity contribution is 5.81. The molecular formula is C22H27FN4O2. The fourth-order valence-corrected chi connectivity index (χ4v) is 3.34. The van der Waals surface area contributed by atoms with Gasteiger partial charge in [-0.25, -0.2) is 4.39 Å². The SMILES string of the molecule is CN=C(NCCc1ccc2c(c1)CCO2)NCC(Cc1ccc(F)cc1)C(N)=O. The molecule has 2 aromatic carbocycles. The van der Waals surface area contributed by atoms with Crippen LogP contribution >= 0.6 is 0 Å². The van der Waals surface area contributed by atoms with Crippen LogP contribution in [0.15, 0.2) is 47.5 Å². The van der Waals surface area contributed by atoms with Crippen LogP contribution in [0.4, 0.5) is 4.39 Å². The Bertz CT molecular complexity index is 868. The number of primary amides is 1. The Balaban J connectivity index is 1.46. The fraction of sp³-hybridized carbons (Fsp3) is 0.364. The average molecular weight is 398 g/mol. The number of benzene rings is 2. The second-order valence-electron chi connectivity index (χ2n) is 7.10. The summed E-state index contributed by atoms with van der Waals surface area (Å²) in [5, 5.41) is 6.41. The molecule has 0 saturated carbocycles. The van der Waals surface area contributed by atoms with Crippen LogP contribution in [0.1, 0.15) is 16.7 Å². The van der Waals surface area contributed by atoms with E-state index in [1.165, 1.54) is 23.3 Å². The van der Waals surface area contributed by atoms with Gasteiger partial charge in [-0.2, -0.15) is 0 Å². The first-order chi connectivity index (χ1) is 14.0. The number of carbonyl (C=O) groups excluding carboxylic acids is 1. The van der Waals surface area contributed by atoms with Crippen LogP contribution in [0.3, 0.4) is 0 Å². The first-order valence-electron chi connectivity index (χ1n) is 9.78. The smallest absolute Gasteiger partial charge is 0.222 e. The second-order valence-corrected chi connectivity index (χ2v) is 7.10. The van der Waals surface area contributed by atoms with Crippen LogP contribution in [-0.2, 0) is 24.1 Å². The van der Waals surface area contributed by atoms with Crippen LogP contribution in [0.5, 0.6) is 5.75 Å². The highest BCUT2D eigenvalue weighted by Gasteiger charge is 2.17. The second kappa shape index (κ2) is 9.91. The molecule has 1 aliphatic heterocycles. The summed E-state index contributed by atoms with van der Waals surface area (Å²) in [6.45, 7) is 1.81. The van der Waals surface area contributed by atoms with Crippen molar-refractivity contribution in [3.8, 4) is 5.75 Å². The topological polar surface area (TPSA) is 88.7 Å². The van der Waals surface area contributed by atoms with Crippen molar-refractivity contribution in [1.82, 2.24) is 10.6 Å². The van der Waals surface area contributed by atoms with Crippen molar-refractivity contribution in [3.63, 3.8) is 0 Å². The van der Waals surface area contributed by atoms with E-state index < -0.39 is 11.8 Å². The van der Waals surface area contributed by atoms with Crippen LogP contribution in [-0.4, -0.2) is 38.6 Å². The maximum atomic E-state index is 13.1. The van der Waals surface area contributed by atoms with Gasteiger partial charge in [0.15, 0.2) is 5.96 Å². The molecule has 1 unspecified atom stereocenters. The van der Waals surface area contributed by atoms with E-state index in [-0.39, 0.29) is 5.82 Å². The minimum absolute atomic E-state index is 0.303. The summed E-state index contributed by atoms with van der Waals surface area (Å²) in [4.78, 5) is 16.0. The highest BCUT2D eigenvalue weighted by atomic mass is 19.1. The molecular weight excluding hydrogens is 371 g/mol. The van der Waals surface area contributed by atoms with Crippen molar-refractivity contribution in [2.24, 2.45) is 16.6 Å². The molecule has 0 bridgehead atoms. The van der Waals surface area contributed by atoms with Gasteiger partial charge in [-0.15, -0.1) is 0 Å².